The zero-order valence-corrected chi connectivity index (χ0v) is 12.9. The molecule has 1 amide bonds. The van der Waals surface area contributed by atoms with E-state index in [2.05, 4.69) is 4.99 Å². The SMILES string of the molecule is CCc1cc2c(cc1C(=O)N=C(N)N)S(=O)(=O)CC(C)C2. The summed E-state index contributed by atoms with van der Waals surface area (Å²) in [5.74, 6) is -0.771. The second kappa shape index (κ2) is 5.48. The number of hydrogen-bond donors (Lipinski definition) is 2. The third-order valence-electron chi connectivity index (χ3n) is 3.54. The highest BCUT2D eigenvalue weighted by Crippen LogP contribution is 2.31. The Kier molecular flexibility index (Phi) is 4.04. The summed E-state index contributed by atoms with van der Waals surface area (Å²) in [7, 11) is -3.36. The van der Waals surface area contributed by atoms with Crippen LogP contribution in [0.15, 0.2) is 22.0 Å². The number of hydrogen-bond acceptors (Lipinski definition) is 3. The first-order chi connectivity index (χ1) is 9.74. The fraction of sp³-hybridized carbons (Fsp3) is 0.429. The van der Waals surface area contributed by atoms with Crippen LogP contribution >= 0.6 is 0 Å². The van der Waals surface area contributed by atoms with Crippen molar-refractivity contribution in [3.8, 4) is 0 Å². The van der Waals surface area contributed by atoms with E-state index in [1.165, 1.54) is 6.07 Å². The molecule has 0 aliphatic carbocycles. The molecule has 1 heterocycles. The molecular weight excluding hydrogens is 290 g/mol. The molecule has 0 saturated carbocycles. The van der Waals surface area contributed by atoms with E-state index in [1.54, 1.807) is 6.07 Å². The van der Waals surface area contributed by atoms with Crippen molar-refractivity contribution in [3.63, 3.8) is 0 Å². The molecule has 21 heavy (non-hydrogen) atoms. The van der Waals surface area contributed by atoms with Crippen LogP contribution in [0.5, 0.6) is 0 Å². The van der Waals surface area contributed by atoms with E-state index in [4.69, 9.17) is 11.5 Å². The van der Waals surface area contributed by atoms with Gasteiger partial charge in [0.2, 0.25) is 0 Å². The molecule has 2 rings (SSSR count). The minimum Gasteiger partial charge on any atom is -0.370 e. The molecule has 0 radical (unpaired) electrons. The summed E-state index contributed by atoms with van der Waals surface area (Å²) in [5.41, 5.74) is 12.2. The molecule has 1 aromatic rings. The number of nitrogens with zero attached hydrogens (tertiary/aromatic N) is 1. The Morgan fingerprint density at radius 1 is 1.38 bits per heavy atom. The Balaban J connectivity index is 2.65. The van der Waals surface area contributed by atoms with Crippen molar-refractivity contribution >= 4 is 21.7 Å². The maximum absolute atomic E-state index is 12.3. The van der Waals surface area contributed by atoms with Crippen LogP contribution in [0.25, 0.3) is 0 Å². The molecule has 1 aliphatic rings. The summed E-state index contributed by atoms with van der Waals surface area (Å²) in [4.78, 5) is 15.8. The van der Waals surface area contributed by atoms with E-state index in [-0.39, 0.29) is 28.1 Å². The third kappa shape index (κ3) is 3.07. The maximum Gasteiger partial charge on any atom is 0.280 e. The average molecular weight is 309 g/mol. The van der Waals surface area contributed by atoms with Gasteiger partial charge in [-0.3, -0.25) is 4.79 Å². The van der Waals surface area contributed by atoms with Gasteiger partial charge in [-0.25, -0.2) is 8.42 Å². The summed E-state index contributed by atoms with van der Waals surface area (Å²) in [5, 5.41) is 0. The van der Waals surface area contributed by atoms with Gasteiger partial charge in [-0.15, -0.1) is 0 Å². The Morgan fingerprint density at radius 2 is 2.05 bits per heavy atom. The molecule has 1 atom stereocenters. The predicted octanol–water partition coefficient (Wildman–Crippen LogP) is 0.629. The van der Waals surface area contributed by atoms with E-state index in [0.717, 1.165) is 11.1 Å². The Labute approximate surface area is 124 Å². The van der Waals surface area contributed by atoms with Gasteiger partial charge in [-0.05, 0) is 36.0 Å². The average Bonchev–Trinajstić information content (AvgIpc) is 2.35. The predicted molar refractivity (Wildman–Crippen MR) is 80.9 cm³/mol. The molecule has 4 N–H and O–H groups in total. The molecule has 0 spiro atoms. The summed E-state index contributed by atoms with van der Waals surface area (Å²) < 4.78 is 24.6. The molecule has 114 valence electrons. The Hall–Kier alpha value is -1.89. The van der Waals surface area contributed by atoms with Gasteiger partial charge in [0.25, 0.3) is 5.91 Å². The summed E-state index contributed by atoms with van der Waals surface area (Å²) in [6, 6.07) is 3.21. The first kappa shape index (κ1) is 15.5. The van der Waals surface area contributed by atoms with Crippen LogP contribution in [0, 0.1) is 5.92 Å². The summed E-state index contributed by atoms with van der Waals surface area (Å²) >= 11 is 0. The van der Waals surface area contributed by atoms with E-state index in [0.29, 0.717) is 12.8 Å². The number of carbonyl (C=O) groups is 1. The van der Waals surface area contributed by atoms with Gasteiger partial charge in [0.15, 0.2) is 15.8 Å². The minimum atomic E-state index is -3.36. The molecule has 0 aromatic heterocycles. The molecule has 0 fully saturated rings. The monoisotopic (exact) mass is 309 g/mol. The summed E-state index contributed by atoms with van der Waals surface area (Å²) in [6.45, 7) is 3.80. The smallest absolute Gasteiger partial charge is 0.280 e. The molecule has 1 unspecified atom stereocenters. The van der Waals surface area contributed by atoms with Crippen LogP contribution in [0.4, 0.5) is 0 Å². The van der Waals surface area contributed by atoms with Crippen molar-refractivity contribution in [1.29, 1.82) is 0 Å². The van der Waals surface area contributed by atoms with E-state index < -0.39 is 15.7 Å². The highest BCUT2D eigenvalue weighted by molar-refractivity contribution is 7.91. The van der Waals surface area contributed by atoms with Crippen molar-refractivity contribution in [3.05, 3.63) is 28.8 Å². The number of sulfone groups is 1. The third-order valence-corrected chi connectivity index (χ3v) is 5.59. The maximum atomic E-state index is 12.3. The molecule has 0 saturated heterocycles. The molecule has 1 aliphatic heterocycles. The van der Waals surface area contributed by atoms with Crippen LogP contribution in [0.1, 0.15) is 35.3 Å². The molecule has 0 bridgehead atoms. The van der Waals surface area contributed by atoms with Gasteiger partial charge in [-0.1, -0.05) is 19.9 Å². The highest BCUT2D eigenvalue weighted by Gasteiger charge is 2.30. The lowest BCUT2D eigenvalue weighted by Gasteiger charge is -2.23. The molecular formula is C14H19N3O3S. The van der Waals surface area contributed by atoms with Gasteiger partial charge in [0.05, 0.1) is 10.6 Å². The lowest BCUT2D eigenvalue weighted by atomic mass is 9.95. The largest absolute Gasteiger partial charge is 0.370 e. The second-order valence-electron chi connectivity index (χ2n) is 5.40. The molecule has 7 heteroatoms. The number of carbonyl (C=O) groups excluding carboxylic acids is 1. The van der Waals surface area contributed by atoms with Crippen LogP contribution < -0.4 is 11.5 Å². The molecule has 1 aromatic carbocycles. The van der Waals surface area contributed by atoms with Crippen LogP contribution in [0.2, 0.25) is 0 Å². The van der Waals surface area contributed by atoms with E-state index >= 15 is 0 Å². The van der Waals surface area contributed by atoms with Crippen molar-refractivity contribution in [1.82, 2.24) is 0 Å². The van der Waals surface area contributed by atoms with Gasteiger partial charge >= 0.3 is 0 Å². The Bertz CT molecular complexity index is 719. The van der Waals surface area contributed by atoms with Crippen LogP contribution in [-0.4, -0.2) is 26.0 Å². The number of aliphatic imine (C=N–C) groups is 1. The zero-order chi connectivity index (χ0) is 15.8. The van der Waals surface area contributed by atoms with Crippen molar-refractivity contribution in [2.75, 3.05) is 5.75 Å². The first-order valence-corrected chi connectivity index (χ1v) is 8.42. The van der Waals surface area contributed by atoms with Crippen LogP contribution in [-0.2, 0) is 22.7 Å². The number of amides is 1. The number of benzene rings is 1. The van der Waals surface area contributed by atoms with Gasteiger partial charge in [0.1, 0.15) is 0 Å². The highest BCUT2D eigenvalue weighted by atomic mass is 32.2. The second-order valence-corrected chi connectivity index (χ2v) is 7.41. The number of rotatable bonds is 2. The van der Waals surface area contributed by atoms with Gasteiger partial charge in [-0.2, -0.15) is 4.99 Å². The topological polar surface area (TPSA) is 116 Å². The number of aryl methyl sites for hydroxylation is 1. The quantitative estimate of drug-likeness (QED) is 0.614. The number of nitrogens with two attached hydrogens (primary N) is 2. The Morgan fingerprint density at radius 3 is 2.62 bits per heavy atom. The van der Waals surface area contributed by atoms with Gasteiger partial charge in [0, 0.05) is 5.56 Å². The normalized spacial score (nSPS) is 19.6. The fourth-order valence-corrected chi connectivity index (χ4v) is 4.58. The lowest BCUT2D eigenvalue weighted by molar-refractivity contribution is 0.100. The first-order valence-electron chi connectivity index (χ1n) is 6.77. The minimum absolute atomic E-state index is 0.0754. The van der Waals surface area contributed by atoms with Gasteiger partial charge < -0.3 is 11.5 Å². The van der Waals surface area contributed by atoms with Crippen molar-refractivity contribution in [2.45, 2.75) is 31.6 Å². The standard InChI is InChI=1S/C14H19N3O3S/c1-3-9-5-10-4-8(2)7-21(19,20)12(10)6-11(9)13(18)17-14(15)16/h5-6,8H,3-4,7H2,1-2H3,(H4,15,16,17,18). The van der Waals surface area contributed by atoms with E-state index in [1.807, 2.05) is 13.8 Å². The zero-order valence-electron chi connectivity index (χ0n) is 12.1. The van der Waals surface area contributed by atoms with Crippen molar-refractivity contribution in [2.24, 2.45) is 22.4 Å². The summed E-state index contributed by atoms with van der Waals surface area (Å²) in [6.07, 6.45) is 1.29. The van der Waals surface area contributed by atoms with Crippen molar-refractivity contribution < 1.29 is 13.2 Å². The number of guanidine groups is 1. The fourth-order valence-electron chi connectivity index (χ4n) is 2.69. The number of fused-ring (bicyclic) bond motifs is 1. The molecule has 6 nitrogen and oxygen atoms in total. The van der Waals surface area contributed by atoms with E-state index in [9.17, 15) is 13.2 Å². The lowest BCUT2D eigenvalue weighted by Crippen LogP contribution is -2.26. The van der Waals surface area contributed by atoms with Crippen LogP contribution in [0.3, 0.4) is 0 Å².